The van der Waals surface area contributed by atoms with Gasteiger partial charge in [-0.1, -0.05) is 79.7 Å². The molecule has 2 aliphatic heterocycles. The Balaban J connectivity index is 1.53. The van der Waals surface area contributed by atoms with E-state index in [0.717, 1.165) is 22.3 Å². The van der Waals surface area contributed by atoms with Crippen LogP contribution in [-0.2, 0) is 19.2 Å². The lowest BCUT2D eigenvalue weighted by molar-refractivity contribution is -0.138. The molecule has 270 valence electrons. The quantitative estimate of drug-likeness (QED) is 0.123. The topological polar surface area (TPSA) is 124 Å². The molecule has 0 amide bonds. The van der Waals surface area contributed by atoms with E-state index in [1.165, 1.54) is 0 Å². The summed E-state index contributed by atoms with van der Waals surface area (Å²) < 4.78 is 35.6. The van der Waals surface area contributed by atoms with Crippen LogP contribution < -0.4 is 28.4 Å². The second-order valence-electron chi connectivity index (χ2n) is 14.3. The second kappa shape index (κ2) is 14.5. The van der Waals surface area contributed by atoms with Crippen LogP contribution in [0.4, 0.5) is 0 Å². The highest BCUT2D eigenvalue weighted by Gasteiger charge is 2.41. The predicted octanol–water partition coefficient (Wildman–Crippen LogP) is 9.11. The van der Waals surface area contributed by atoms with Gasteiger partial charge in [-0.3, -0.25) is 19.2 Å². The van der Waals surface area contributed by atoms with Gasteiger partial charge in [0.2, 0.25) is 0 Å². The molecular formula is C42H42O10. The third-order valence-corrected chi connectivity index (χ3v) is 8.81. The van der Waals surface area contributed by atoms with Crippen molar-refractivity contribution in [2.45, 2.75) is 67.2 Å². The van der Waals surface area contributed by atoms with Crippen LogP contribution in [0.3, 0.4) is 0 Å². The van der Waals surface area contributed by atoms with E-state index >= 15 is 0 Å². The molecule has 0 unspecified atom stereocenters. The Bertz CT molecular complexity index is 1770. The van der Waals surface area contributed by atoms with E-state index in [4.69, 9.17) is 28.4 Å². The van der Waals surface area contributed by atoms with Crippen LogP contribution >= 0.6 is 0 Å². The molecular weight excluding hydrogens is 664 g/mol. The van der Waals surface area contributed by atoms with Gasteiger partial charge in [-0.05, 0) is 24.3 Å². The Morgan fingerprint density at radius 1 is 0.404 bits per heavy atom. The molecule has 0 radical (unpaired) electrons. The van der Waals surface area contributed by atoms with Gasteiger partial charge < -0.3 is 28.4 Å². The van der Waals surface area contributed by atoms with Gasteiger partial charge in [0, 0.05) is 58.4 Å². The first kappa shape index (κ1) is 36.2. The highest BCUT2D eigenvalue weighted by molar-refractivity contribution is 5.77. The molecule has 4 aromatic rings. The Labute approximate surface area is 302 Å². The zero-order chi connectivity index (χ0) is 37.4. The number of fused-ring (bicyclic) bond motifs is 4. The van der Waals surface area contributed by atoms with E-state index in [1.807, 2.05) is 24.3 Å². The van der Waals surface area contributed by atoms with Crippen LogP contribution in [0.2, 0.25) is 0 Å². The first-order chi connectivity index (χ1) is 24.7. The lowest BCUT2D eigenvalue weighted by Crippen LogP contribution is -2.23. The van der Waals surface area contributed by atoms with Crippen molar-refractivity contribution in [3.63, 3.8) is 0 Å². The lowest BCUT2D eigenvalue weighted by atomic mass is 9.71. The van der Waals surface area contributed by atoms with Crippen molar-refractivity contribution in [1.29, 1.82) is 0 Å². The van der Waals surface area contributed by atoms with Crippen molar-refractivity contribution in [2.24, 2.45) is 23.7 Å². The van der Waals surface area contributed by atoms with Crippen LogP contribution in [-0.4, -0.2) is 23.9 Å². The van der Waals surface area contributed by atoms with E-state index in [9.17, 15) is 19.2 Å². The van der Waals surface area contributed by atoms with Gasteiger partial charge in [-0.25, -0.2) is 0 Å². The fourth-order valence-electron chi connectivity index (χ4n) is 5.92. The minimum Gasteiger partial charge on any atom is -0.456 e. The third kappa shape index (κ3) is 7.37. The van der Waals surface area contributed by atoms with E-state index in [1.54, 1.807) is 104 Å². The zero-order valence-electron chi connectivity index (χ0n) is 30.5. The van der Waals surface area contributed by atoms with Crippen LogP contribution in [0.25, 0.3) is 0 Å². The predicted molar refractivity (Wildman–Crippen MR) is 191 cm³/mol. The summed E-state index contributed by atoms with van der Waals surface area (Å²) in [4.78, 5) is 50.2. The number of carbonyl (C=O) groups excluding carboxylic acids is 4. The number of esters is 4. The summed E-state index contributed by atoms with van der Waals surface area (Å²) in [6.07, 6.45) is 0. The zero-order valence-corrected chi connectivity index (χ0v) is 30.5. The van der Waals surface area contributed by atoms with Crippen molar-refractivity contribution < 1.29 is 47.6 Å². The van der Waals surface area contributed by atoms with Gasteiger partial charge in [0.15, 0.2) is 0 Å². The standard InChI is InChI=1S/C42H42O10/c1-21(2)39(43)47-25-9-13-29-33(17-25)51-34-18-26(48-40(44)22(3)4)10-14-30(34)37(29)38-31-15-11-27(49-41(45)23(5)6)19-35(31)52-36-20-28(12-16-32(36)38)50-42(46)24(7)8/h9-24,37-38H,1-8H3. The van der Waals surface area contributed by atoms with Gasteiger partial charge in [-0.15, -0.1) is 0 Å². The molecule has 52 heavy (non-hydrogen) atoms. The molecule has 0 spiro atoms. The fraction of sp³-hybridized carbons (Fsp3) is 0.333. The van der Waals surface area contributed by atoms with Crippen molar-refractivity contribution >= 4 is 23.9 Å². The third-order valence-electron chi connectivity index (χ3n) is 8.81. The molecule has 0 saturated heterocycles. The van der Waals surface area contributed by atoms with E-state index < -0.39 is 11.8 Å². The van der Waals surface area contributed by atoms with E-state index in [-0.39, 0.29) is 47.5 Å². The SMILES string of the molecule is CC(C)C(=O)Oc1ccc2c(c1)Oc1cc(OC(=O)C(C)C)ccc1C2C1c2ccc(OC(=O)C(C)C)cc2Oc2cc(OC(=O)C(C)C)ccc21. The monoisotopic (exact) mass is 706 g/mol. The molecule has 2 aliphatic rings. The van der Waals surface area contributed by atoms with Gasteiger partial charge in [0.1, 0.15) is 46.0 Å². The molecule has 0 aliphatic carbocycles. The average Bonchev–Trinajstić information content (AvgIpc) is 3.09. The second-order valence-corrected chi connectivity index (χ2v) is 14.3. The number of benzene rings is 4. The molecule has 0 fully saturated rings. The summed E-state index contributed by atoms with van der Waals surface area (Å²) in [6.45, 7) is 14.1. The van der Waals surface area contributed by atoms with Gasteiger partial charge >= 0.3 is 23.9 Å². The smallest absolute Gasteiger partial charge is 0.313 e. The molecule has 10 heteroatoms. The Kier molecular flexibility index (Phi) is 10.1. The van der Waals surface area contributed by atoms with Crippen LogP contribution in [0.15, 0.2) is 72.8 Å². The van der Waals surface area contributed by atoms with Gasteiger partial charge in [-0.2, -0.15) is 0 Å². The molecule has 0 aromatic heterocycles. The molecule has 4 aromatic carbocycles. The maximum atomic E-state index is 12.5. The number of ether oxygens (including phenoxy) is 6. The molecule has 6 rings (SSSR count). The summed E-state index contributed by atoms with van der Waals surface area (Å²) in [6, 6.07) is 21.2. The van der Waals surface area contributed by atoms with Crippen LogP contribution in [0.1, 0.15) is 89.5 Å². The van der Waals surface area contributed by atoms with E-state index in [0.29, 0.717) is 46.0 Å². The minimum absolute atomic E-state index is 0.322. The Morgan fingerprint density at radius 2 is 0.615 bits per heavy atom. The maximum absolute atomic E-state index is 12.5. The van der Waals surface area contributed by atoms with Gasteiger partial charge in [0.05, 0.1) is 23.7 Å². The van der Waals surface area contributed by atoms with E-state index in [2.05, 4.69) is 0 Å². The first-order valence-electron chi connectivity index (χ1n) is 17.5. The first-order valence-corrected chi connectivity index (χ1v) is 17.5. The van der Waals surface area contributed by atoms with Crippen LogP contribution in [0, 0.1) is 23.7 Å². The molecule has 2 heterocycles. The Morgan fingerprint density at radius 3 is 0.808 bits per heavy atom. The molecule has 0 saturated carbocycles. The van der Waals surface area contributed by atoms with Crippen molar-refractivity contribution in [3.05, 3.63) is 95.1 Å². The summed E-state index contributed by atoms with van der Waals surface area (Å²) in [5, 5.41) is 0. The normalized spacial score (nSPS) is 13.4. The molecule has 0 atom stereocenters. The summed E-state index contributed by atoms with van der Waals surface area (Å²) >= 11 is 0. The van der Waals surface area contributed by atoms with Crippen LogP contribution in [0.5, 0.6) is 46.0 Å². The summed E-state index contributed by atoms with van der Waals surface area (Å²) in [5.74, 6) is -0.585. The van der Waals surface area contributed by atoms with Crippen molar-refractivity contribution in [2.75, 3.05) is 0 Å². The highest BCUT2D eigenvalue weighted by Crippen LogP contribution is 2.58. The minimum atomic E-state index is -0.405. The molecule has 0 N–H and O–H groups in total. The lowest BCUT2D eigenvalue weighted by Gasteiger charge is -2.38. The highest BCUT2D eigenvalue weighted by atomic mass is 16.6. The maximum Gasteiger partial charge on any atom is 0.313 e. The average molecular weight is 707 g/mol. The summed E-state index contributed by atoms with van der Waals surface area (Å²) in [5.41, 5.74) is 3.22. The number of hydrogen-bond donors (Lipinski definition) is 0. The molecule has 0 bridgehead atoms. The van der Waals surface area contributed by atoms with Crippen molar-refractivity contribution in [3.8, 4) is 46.0 Å². The number of hydrogen-bond acceptors (Lipinski definition) is 10. The largest absolute Gasteiger partial charge is 0.456 e. The van der Waals surface area contributed by atoms with Gasteiger partial charge in [0.25, 0.3) is 0 Å². The number of rotatable bonds is 9. The molecule has 10 nitrogen and oxygen atoms in total. The summed E-state index contributed by atoms with van der Waals surface area (Å²) in [7, 11) is 0. The fourth-order valence-corrected chi connectivity index (χ4v) is 5.92. The Hall–Kier alpha value is -5.64. The number of carbonyl (C=O) groups is 4. The van der Waals surface area contributed by atoms with Crippen molar-refractivity contribution in [1.82, 2.24) is 0 Å².